The molecule has 0 amide bonds. The van der Waals surface area contributed by atoms with Gasteiger partial charge in [0.15, 0.2) is 0 Å². The van der Waals surface area contributed by atoms with Gasteiger partial charge in [-0.15, -0.1) is 0 Å². The number of pyridine rings is 1. The van der Waals surface area contributed by atoms with Crippen molar-refractivity contribution in [3.63, 3.8) is 0 Å². The van der Waals surface area contributed by atoms with Crippen LogP contribution in [0.2, 0.25) is 0 Å². The minimum Gasteiger partial charge on any atom is -0.439 e. The second kappa shape index (κ2) is 5.53. The van der Waals surface area contributed by atoms with Gasteiger partial charge in [0, 0.05) is 11.8 Å². The van der Waals surface area contributed by atoms with E-state index in [1.165, 1.54) is 12.1 Å². The molecule has 1 heterocycles. The minimum atomic E-state index is -4.38. The van der Waals surface area contributed by atoms with Crippen LogP contribution in [0.4, 0.5) is 13.2 Å². The smallest absolute Gasteiger partial charge is 0.416 e. The summed E-state index contributed by atoms with van der Waals surface area (Å²) in [4.78, 5) is 4.08. The first-order valence-corrected chi connectivity index (χ1v) is 6.18. The second-order valence-electron chi connectivity index (χ2n) is 4.68. The molecule has 5 heteroatoms. The molecule has 0 aliphatic rings. The molecule has 1 aromatic heterocycles. The van der Waals surface area contributed by atoms with Crippen molar-refractivity contribution in [2.24, 2.45) is 0 Å². The van der Waals surface area contributed by atoms with Gasteiger partial charge in [-0.2, -0.15) is 13.2 Å². The zero-order valence-corrected chi connectivity index (χ0v) is 11.1. The van der Waals surface area contributed by atoms with Crippen LogP contribution in [0.5, 0.6) is 11.6 Å². The molecule has 20 heavy (non-hydrogen) atoms. The lowest BCUT2D eigenvalue weighted by molar-refractivity contribution is -0.137. The summed E-state index contributed by atoms with van der Waals surface area (Å²) in [7, 11) is 0. The van der Waals surface area contributed by atoms with Crippen LogP contribution in [0.25, 0.3) is 0 Å². The number of hydrogen-bond donors (Lipinski definition) is 0. The van der Waals surface area contributed by atoms with Crippen LogP contribution in [0.15, 0.2) is 42.6 Å². The van der Waals surface area contributed by atoms with Crippen molar-refractivity contribution < 1.29 is 17.9 Å². The molecule has 0 saturated heterocycles. The summed E-state index contributed by atoms with van der Waals surface area (Å²) in [6, 6.07) is 8.40. The standard InChI is InChI=1S/C15H14F3NO/c1-10(2)13-7-4-8-19-14(13)20-12-6-3-5-11(9-12)15(16,17)18/h3-10H,1-2H3. The summed E-state index contributed by atoms with van der Waals surface area (Å²) >= 11 is 0. The number of benzene rings is 1. The number of aromatic nitrogens is 1. The summed E-state index contributed by atoms with van der Waals surface area (Å²) in [6.45, 7) is 3.94. The van der Waals surface area contributed by atoms with Crippen molar-refractivity contribution >= 4 is 0 Å². The van der Waals surface area contributed by atoms with Gasteiger partial charge >= 0.3 is 6.18 Å². The topological polar surface area (TPSA) is 22.1 Å². The summed E-state index contributed by atoms with van der Waals surface area (Å²) in [5.41, 5.74) is 0.113. The van der Waals surface area contributed by atoms with Gasteiger partial charge in [-0.1, -0.05) is 26.0 Å². The first-order chi connectivity index (χ1) is 9.38. The van der Waals surface area contributed by atoms with Crippen LogP contribution in [-0.4, -0.2) is 4.98 Å². The predicted octanol–water partition coefficient (Wildman–Crippen LogP) is 5.02. The van der Waals surface area contributed by atoms with Crippen molar-refractivity contribution in [2.45, 2.75) is 25.9 Å². The monoisotopic (exact) mass is 281 g/mol. The maximum Gasteiger partial charge on any atom is 0.416 e. The van der Waals surface area contributed by atoms with Crippen molar-refractivity contribution in [2.75, 3.05) is 0 Å². The molecule has 0 saturated carbocycles. The van der Waals surface area contributed by atoms with E-state index in [2.05, 4.69) is 4.98 Å². The van der Waals surface area contributed by atoms with E-state index in [4.69, 9.17) is 4.74 Å². The fourth-order valence-corrected chi connectivity index (χ4v) is 1.78. The van der Waals surface area contributed by atoms with Crippen LogP contribution in [0.3, 0.4) is 0 Å². The first-order valence-electron chi connectivity index (χ1n) is 6.18. The molecule has 0 spiro atoms. The first kappa shape index (κ1) is 14.4. The third-order valence-electron chi connectivity index (χ3n) is 2.80. The number of rotatable bonds is 3. The minimum absolute atomic E-state index is 0.125. The molecule has 0 radical (unpaired) electrons. The van der Waals surface area contributed by atoms with Crippen molar-refractivity contribution in [1.82, 2.24) is 4.98 Å². The summed E-state index contributed by atoms with van der Waals surface area (Å²) < 4.78 is 43.4. The molecule has 2 rings (SSSR count). The highest BCUT2D eigenvalue weighted by molar-refractivity contribution is 5.36. The molecule has 0 bridgehead atoms. The van der Waals surface area contributed by atoms with Crippen LogP contribution >= 0.6 is 0 Å². The van der Waals surface area contributed by atoms with Crippen LogP contribution < -0.4 is 4.74 Å². The van der Waals surface area contributed by atoms with Crippen molar-refractivity contribution in [1.29, 1.82) is 0 Å². The lowest BCUT2D eigenvalue weighted by Crippen LogP contribution is -2.04. The number of halogens is 3. The Bertz CT molecular complexity index is 594. The van der Waals surface area contributed by atoms with Crippen molar-refractivity contribution in [3.8, 4) is 11.6 Å². The lowest BCUT2D eigenvalue weighted by Gasteiger charge is -2.13. The van der Waals surface area contributed by atoms with Gasteiger partial charge in [0.2, 0.25) is 5.88 Å². The van der Waals surface area contributed by atoms with Gasteiger partial charge in [-0.05, 0) is 30.2 Å². The highest BCUT2D eigenvalue weighted by Crippen LogP contribution is 2.33. The van der Waals surface area contributed by atoms with Gasteiger partial charge in [0.1, 0.15) is 5.75 Å². The van der Waals surface area contributed by atoms with E-state index in [1.54, 1.807) is 12.3 Å². The Hall–Kier alpha value is -2.04. The van der Waals surface area contributed by atoms with E-state index < -0.39 is 11.7 Å². The number of ether oxygens (including phenoxy) is 1. The lowest BCUT2D eigenvalue weighted by atomic mass is 10.1. The van der Waals surface area contributed by atoms with E-state index in [-0.39, 0.29) is 11.7 Å². The Morgan fingerprint density at radius 3 is 2.50 bits per heavy atom. The van der Waals surface area contributed by atoms with E-state index in [0.717, 1.165) is 17.7 Å². The molecule has 0 N–H and O–H groups in total. The van der Waals surface area contributed by atoms with E-state index in [0.29, 0.717) is 5.88 Å². The number of hydrogen-bond acceptors (Lipinski definition) is 2. The van der Waals surface area contributed by atoms with Gasteiger partial charge in [-0.3, -0.25) is 0 Å². The molecule has 0 aliphatic heterocycles. The van der Waals surface area contributed by atoms with E-state index >= 15 is 0 Å². The molecule has 2 aromatic rings. The Labute approximate surface area is 115 Å². The number of alkyl halides is 3. The maximum atomic E-state index is 12.6. The highest BCUT2D eigenvalue weighted by atomic mass is 19.4. The molecule has 1 aromatic carbocycles. The molecule has 0 fully saturated rings. The maximum absolute atomic E-state index is 12.6. The Balaban J connectivity index is 2.31. The van der Waals surface area contributed by atoms with Crippen LogP contribution in [-0.2, 0) is 6.18 Å². The Morgan fingerprint density at radius 1 is 1.10 bits per heavy atom. The number of nitrogens with zero attached hydrogens (tertiary/aromatic N) is 1. The molecular formula is C15H14F3NO. The third-order valence-corrected chi connectivity index (χ3v) is 2.80. The van der Waals surface area contributed by atoms with Crippen LogP contribution in [0.1, 0.15) is 30.9 Å². The summed E-state index contributed by atoms with van der Waals surface area (Å²) in [6.07, 6.45) is -2.83. The Kier molecular flexibility index (Phi) is 3.97. The fourth-order valence-electron chi connectivity index (χ4n) is 1.78. The molecule has 0 unspecified atom stereocenters. The van der Waals surface area contributed by atoms with Gasteiger partial charge in [-0.25, -0.2) is 4.98 Å². The molecule has 106 valence electrons. The second-order valence-corrected chi connectivity index (χ2v) is 4.68. The molecule has 2 nitrogen and oxygen atoms in total. The summed E-state index contributed by atoms with van der Waals surface area (Å²) in [5, 5.41) is 0. The average molecular weight is 281 g/mol. The zero-order chi connectivity index (χ0) is 14.8. The molecule has 0 atom stereocenters. The van der Waals surface area contributed by atoms with Crippen molar-refractivity contribution in [3.05, 3.63) is 53.7 Å². The fraction of sp³-hybridized carbons (Fsp3) is 0.267. The summed E-state index contributed by atoms with van der Waals surface area (Å²) in [5.74, 6) is 0.631. The van der Waals surface area contributed by atoms with Gasteiger partial charge in [0.05, 0.1) is 5.56 Å². The predicted molar refractivity (Wildman–Crippen MR) is 69.8 cm³/mol. The largest absolute Gasteiger partial charge is 0.439 e. The third kappa shape index (κ3) is 3.29. The van der Waals surface area contributed by atoms with Gasteiger partial charge < -0.3 is 4.74 Å². The van der Waals surface area contributed by atoms with E-state index in [9.17, 15) is 13.2 Å². The average Bonchev–Trinajstić information content (AvgIpc) is 2.38. The van der Waals surface area contributed by atoms with Gasteiger partial charge in [0.25, 0.3) is 0 Å². The zero-order valence-electron chi connectivity index (χ0n) is 11.1. The Morgan fingerprint density at radius 2 is 1.85 bits per heavy atom. The SMILES string of the molecule is CC(C)c1cccnc1Oc1cccc(C(F)(F)F)c1. The quantitative estimate of drug-likeness (QED) is 0.788. The molecular weight excluding hydrogens is 267 g/mol. The van der Waals surface area contributed by atoms with E-state index in [1.807, 2.05) is 19.9 Å². The molecule has 0 aliphatic carbocycles. The highest BCUT2D eigenvalue weighted by Gasteiger charge is 2.30. The normalized spacial score (nSPS) is 11.7. The van der Waals surface area contributed by atoms with Crippen LogP contribution in [0, 0.1) is 0 Å².